The van der Waals surface area contributed by atoms with E-state index >= 15 is 0 Å². The van der Waals surface area contributed by atoms with E-state index in [9.17, 15) is 4.79 Å². The Kier molecular flexibility index (Phi) is 2.83. The van der Waals surface area contributed by atoms with Crippen molar-refractivity contribution in [2.24, 2.45) is 12.8 Å². The highest BCUT2D eigenvalue weighted by Crippen LogP contribution is 2.18. The van der Waals surface area contributed by atoms with Crippen LogP contribution >= 0.6 is 0 Å². The van der Waals surface area contributed by atoms with Gasteiger partial charge < -0.3 is 5.73 Å². The van der Waals surface area contributed by atoms with E-state index in [2.05, 4.69) is 5.10 Å². The molecule has 4 nitrogen and oxygen atoms in total. The topological polar surface area (TPSA) is 60.9 Å². The quantitative estimate of drug-likeness (QED) is 0.783. The van der Waals surface area contributed by atoms with Crippen molar-refractivity contribution in [3.8, 4) is 11.3 Å². The highest BCUT2D eigenvalue weighted by molar-refractivity contribution is 5.96. The van der Waals surface area contributed by atoms with Crippen LogP contribution in [0.4, 0.5) is 0 Å². The molecule has 0 saturated heterocycles. The Labute approximate surface area is 93.7 Å². The van der Waals surface area contributed by atoms with E-state index in [1.807, 2.05) is 30.3 Å². The number of Topliss-reactive ketones (excluding diaryl/α,β-unsaturated/α-hetero) is 1. The van der Waals surface area contributed by atoms with Crippen molar-refractivity contribution in [1.82, 2.24) is 9.78 Å². The zero-order valence-electron chi connectivity index (χ0n) is 9.05. The summed E-state index contributed by atoms with van der Waals surface area (Å²) in [6.45, 7) is 0.00770. The van der Waals surface area contributed by atoms with E-state index in [0.29, 0.717) is 5.69 Å². The van der Waals surface area contributed by atoms with Crippen LogP contribution < -0.4 is 5.73 Å². The van der Waals surface area contributed by atoms with Gasteiger partial charge in [-0.15, -0.1) is 0 Å². The molecule has 0 fully saturated rings. The third-order valence-corrected chi connectivity index (χ3v) is 2.42. The first-order chi connectivity index (χ1) is 7.72. The second-order valence-electron chi connectivity index (χ2n) is 3.53. The minimum absolute atomic E-state index is 0.00770. The van der Waals surface area contributed by atoms with Crippen molar-refractivity contribution in [2.45, 2.75) is 0 Å². The van der Waals surface area contributed by atoms with Gasteiger partial charge >= 0.3 is 0 Å². The minimum Gasteiger partial charge on any atom is -0.324 e. The molecule has 1 heterocycles. The largest absolute Gasteiger partial charge is 0.324 e. The molecule has 0 radical (unpaired) electrons. The first kappa shape index (κ1) is 10.6. The van der Waals surface area contributed by atoms with Crippen LogP contribution in [0.15, 0.2) is 36.4 Å². The van der Waals surface area contributed by atoms with Gasteiger partial charge in [-0.25, -0.2) is 0 Å². The van der Waals surface area contributed by atoms with Gasteiger partial charge in [-0.1, -0.05) is 30.3 Å². The standard InChI is InChI=1S/C12H13N3O/c1-15-11(12(16)8-13)7-10(14-15)9-5-3-2-4-6-9/h2-7H,8,13H2,1H3. The molecule has 1 aromatic carbocycles. The number of carbonyl (C=O) groups excluding carboxylic acids is 1. The Morgan fingerprint density at radius 3 is 2.69 bits per heavy atom. The molecule has 0 bridgehead atoms. The molecule has 0 atom stereocenters. The summed E-state index contributed by atoms with van der Waals surface area (Å²) in [7, 11) is 1.75. The summed E-state index contributed by atoms with van der Waals surface area (Å²) in [5.74, 6) is -0.0998. The molecule has 2 rings (SSSR count). The van der Waals surface area contributed by atoms with Crippen molar-refractivity contribution in [2.75, 3.05) is 6.54 Å². The molecule has 0 aliphatic rings. The van der Waals surface area contributed by atoms with Crippen LogP contribution in [0.3, 0.4) is 0 Å². The van der Waals surface area contributed by atoms with Crippen molar-refractivity contribution < 1.29 is 4.79 Å². The lowest BCUT2D eigenvalue weighted by molar-refractivity contribution is 0.0992. The maximum Gasteiger partial charge on any atom is 0.194 e. The van der Waals surface area contributed by atoms with Gasteiger partial charge in [0, 0.05) is 12.6 Å². The summed E-state index contributed by atoms with van der Waals surface area (Å²) in [5.41, 5.74) is 7.66. The SMILES string of the molecule is Cn1nc(-c2ccccc2)cc1C(=O)CN. The number of ketones is 1. The Morgan fingerprint density at radius 1 is 1.38 bits per heavy atom. The first-order valence-electron chi connectivity index (χ1n) is 5.05. The first-order valence-corrected chi connectivity index (χ1v) is 5.05. The highest BCUT2D eigenvalue weighted by atomic mass is 16.1. The smallest absolute Gasteiger partial charge is 0.194 e. The number of benzene rings is 1. The Bertz CT molecular complexity index is 502. The molecule has 0 saturated carbocycles. The Balaban J connectivity index is 2.42. The Hall–Kier alpha value is -1.94. The van der Waals surface area contributed by atoms with E-state index in [-0.39, 0.29) is 12.3 Å². The monoisotopic (exact) mass is 215 g/mol. The zero-order valence-corrected chi connectivity index (χ0v) is 9.05. The van der Waals surface area contributed by atoms with Gasteiger partial charge in [-0.2, -0.15) is 5.10 Å². The number of hydrogen-bond donors (Lipinski definition) is 1. The average molecular weight is 215 g/mol. The predicted molar refractivity (Wildman–Crippen MR) is 62.0 cm³/mol. The van der Waals surface area contributed by atoms with E-state index in [1.54, 1.807) is 17.8 Å². The molecule has 0 amide bonds. The molecule has 4 heteroatoms. The lowest BCUT2D eigenvalue weighted by atomic mass is 10.1. The molecule has 0 aliphatic heterocycles. The molecule has 2 N–H and O–H groups in total. The normalized spacial score (nSPS) is 10.4. The number of carbonyl (C=O) groups is 1. The number of hydrogen-bond acceptors (Lipinski definition) is 3. The van der Waals surface area contributed by atoms with Crippen LogP contribution in [-0.4, -0.2) is 22.1 Å². The maximum absolute atomic E-state index is 11.5. The average Bonchev–Trinajstić information content (AvgIpc) is 2.71. The zero-order chi connectivity index (χ0) is 11.5. The van der Waals surface area contributed by atoms with E-state index in [4.69, 9.17) is 5.73 Å². The van der Waals surface area contributed by atoms with Crippen molar-refractivity contribution in [3.63, 3.8) is 0 Å². The predicted octanol–water partition coefficient (Wildman–Crippen LogP) is 1.23. The van der Waals surface area contributed by atoms with Crippen molar-refractivity contribution in [1.29, 1.82) is 0 Å². The van der Waals surface area contributed by atoms with Gasteiger partial charge in [-0.3, -0.25) is 9.48 Å². The van der Waals surface area contributed by atoms with Gasteiger partial charge in [0.15, 0.2) is 5.78 Å². The van der Waals surface area contributed by atoms with Gasteiger partial charge in [0.25, 0.3) is 0 Å². The fourth-order valence-corrected chi connectivity index (χ4v) is 1.58. The van der Waals surface area contributed by atoms with Gasteiger partial charge in [0.2, 0.25) is 0 Å². The maximum atomic E-state index is 11.5. The molecule has 16 heavy (non-hydrogen) atoms. The number of aryl methyl sites for hydroxylation is 1. The minimum atomic E-state index is -0.0998. The van der Waals surface area contributed by atoms with Crippen LogP contribution in [0.25, 0.3) is 11.3 Å². The second-order valence-corrected chi connectivity index (χ2v) is 3.53. The number of aromatic nitrogens is 2. The summed E-state index contributed by atoms with van der Waals surface area (Å²) in [5, 5.41) is 4.29. The van der Waals surface area contributed by atoms with Crippen LogP contribution in [0, 0.1) is 0 Å². The molecule has 2 aromatic rings. The van der Waals surface area contributed by atoms with Gasteiger partial charge in [0.05, 0.1) is 12.2 Å². The third-order valence-electron chi connectivity index (χ3n) is 2.42. The number of nitrogens with two attached hydrogens (primary N) is 1. The molecular weight excluding hydrogens is 202 g/mol. The summed E-state index contributed by atoms with van der Waals surface area (Å²) in [4.78, 5) is 11.5. The molecule has 0 spiro atoms. The Morgan fingerprint density at radius 2 is 2.06 bits per heavy atom. The fourth-order valence-electron chi connectivity index (χ4n) is 1.58. The lowest BCUT2D eigenvalue weighted by Gasteiger charge is -1.95. The summed E-state index contributed by atoms with van der Waals surface area (Å²) >= 11 is 0. The summed E-state index contributed by atoms with van der Waals surface area (Å²) in [6, 6.07) is 11.5. The van der Waals surface area contributed by atoms with E-state index in [1.165, 1.54) is 0 Å². The van der Waals surface area contributed by atoms with Gasteiger partial charge in [-0.05, 0) is 6.07 Å². The highest BCUT2D eigenvalue weighted by Gasteiger charge is 2.12. The van der Waals surface area contributed by atoms with Crippen LogP contribution in [0.2, 0.25) is 0 Å². The molecular formula is C12H13N3O. The van der Waals surface area contributed by atoms with Crippen molar-refractivity contribution in [3.05, 3.63) is 42.1 Å². The third kappa shape index (κ3) is 1.87. The molecule has 82 valence electrons. The van der Waals surface area contributed by atoms with Crippen LogP contribution in [-0.2, 0) is 7.05 Å². The van der Waals surface area contributed by atoms with E-state index in [0.717, 1.165) is 11.3 Å². The number of rotatable bonds is 3. The molecule has 0 aliphatic carbocycles. The lowest BCUT2D eigenvalue weighted by Crippen LogP contribution is -2.16. The van der Waals surface area contributed by atoms with Gasteiger partial charge in [0.1, 0.15) is 5.69 Å². The molecule has 0 unspecified atom stereocenters. The van der Waals surface area contributed by atoms with Crippen LogP contribution in [0.5, 0.6) is 0 Å². The number of nitrogens with zero attached hydrogens (tertiary/aromatic N) is 2. The summed E-state index contributed by atoms with van der Waals surface area (Å²) < 4.78 is 1.57. The molecule has 1 aromatic heterocycles. The van der Waals surface area contributed by atoms with Crippen LogP contribution in [0.1, 0.15) is 10.5 Å². The van der Waals surface area contributed by atoms with E-state index < -0.39 is 0 Å². The van der Waals surface area contributed by atoms with Crippen molar-refractivity contribution >= 4 is 5.78 Å². The fraction of sp³-hybridized carbons (Fsp3) is 0.167. The summed E-state index contributed by atoms with van der Waals surface area (Å²) in [6.07, 6.45) is 0. The second kappa shape index (κ2) is 4.28.